The smallest absolute Gasteiger partial charge is 0.254 e. The minimum Gasteiger partial charge on any atom is -0.497 e. The molecule has 1 aliphatic heterocycles. The Balaban J connectivity index is 1.56. The number of aryl methyl sites for hydroxylation is 1. The molecule has 2 aromatic carbocycles. The van der Waals surface area contributed by atoms with Gasteiger partial charge < -0.3 is 14.5 Å². The van der Waals surface area contributed by atoms with Crippen LogP contribution in [-0.4, -0.2) is 48.4 Å². The highest BCUT2D eigenvalue weighted by Gasteiger charge is 2.34. The fraction of sp³-hybridized carbons (Fsp3) is 0.419. The van der Waals surface area contributed by atoms with Crippen LogP contribution in [0.25, 0.3) is 0 Å². The van der Waals surface area contributed by atoms with Gasteiger partial charge in [-0.3, -0.25) is 9.59 Å². The number of amides is 2. The molecule has 3 aromatic rings. The summed E-state index contributed by atoms with van der Waals surface area (Å²) in [5.74, 6) is 0.935. The number of hydrogen-bond acceptors (Lipinski definition) is 4. The molecule has 2 amide bonds. The maximum atomic E-state index is 13.8. The lowest BCUT2D eigenvalue weighted by Gasteiger charge is -2.38. The Hall–Kier alpha value is -3.12. The number of benzene rings is 2. The van der Waals surface area contributed by atoms with Crippen LogP contribution < -0.4 is 4.74 Å². The van der Waals surface area contributed by atoms with Gasteiger partial charge in [0.2, 0.25) is 5.91 Å². The number of nitrogens with zero attached hydrogens (tertiary/aromatic N) is 2. The first-order valence-electron chi connectivity index (χ1n) is 13.3. The Morgan fingerprint density at radius 1 is 1.08 bits per heavy atom. The molecule has 2 heterocycles. The summed E-state index contributed by atoms with van der Waals surface area (Å²) < 4.78 is 5.35. The first kappa shape index (κ1) is 26.9. The predicted octanol–water partition coefficient (Wildman–Crippen LogP) is 6.37. The number of carbonyl (C=O) groups is 2. The average molecular weight is 519 g/mol. The van der Waals surface area contributed by atoms with Crippen molar-refractivity contribution < 1.29 is 14.3 Å². The van der Waals surface area contributed by atoms with E-state index in [2.05, 4.69) is 32.2 Å². The monoisotopic (exact) mass is 518 g/mol. The average Bonchev–Trinajstić information content (AvgIpc) is 3.39. The van der Waals surface area contributed by atoms with Gasteiger partial charge >= 0.3 is 0 Å². The lowest BCUT2D eigenvalue weighted by atomic mass is 9.93. The van der Waals surface area contributed by atoms with Crippen molar-refractivity contribution >= 4 is 23.2 Å². The van der Waals surface area contributed by atoms with Crippen molar-refractivity contribution in [2.45, 2.75) is 52.5 Å². The number of hydrogen-bond donors (Lipinski definition) is 0. The van der Waals surface area contributed by atoms with E-state index in [1.165, 1.54) is 16.0 Å². The maximum absolute atomic E-state index is 13.8. The summed E-state index contributed by atoms with van der Waals surface area (Å²) in [4.78, 5) is 32.4. The summed E-state index contributed by atoms with van der Waals surface area (Å²) in [6, 6.07) is 17.8. The van der Waals surface area contributed by atoms with Crippen LogP contribution in [0.2, 0.25) is 0 Å². The number of ether oxygens (including phenoxy) is 1. The van der Waals surface area contributed by atoms with E-state index in [0.29, 0.717) is 18.7 Å². The van der Waals surface area contributed by atoms with Gasteiger partial charge in [-0.15, -0.1) is 11.3 Å². The van der Waals surface area contributed by atoms with Crippen molar-refractivity contribution in [3.05, 3.63) is 87.1 Å². The molecule has 0 fully saturated rings. The van der Waals surface area contributed by atoms with E-state index in [9.17, 15) is 9.59 Å². The summed E-state index contributed by atoms with van der Waals surface area (Å²) in [5, 5.41) is 2.11. The predicted molar refractivity (Wildman–Crippen MR) is 150 cm³/mol. The lowest BCUT2D eigenvalue weighted by Crippen LogP contribution is -2.47. The zero-order chi connectivity index (χ0) is 26.4. The number of rotatable bonds is 10. The van der Waals surface area contributed by atoms with Gasteiger partial charge in [0.15, 0.2) is 0 Å². The molecule has 0 spiro atoms. The molecule has 196 valence electrons. The summed E-state index contributed by atoms with van der Waals surface area (Å²) in [5.41, 5.74) is 4.11. The highest BCUT2D eigenvalue weighted by Crippen LogP contribution is 2.38. The summed E-state index contributed by atoms with van der Waals surface area (Å²) in [6.07, 6.45) is 4.14. The molecule has 1 aliphatic rings. The van der Waals surface area contributed by atoms with Gasteiger partial charge in [0.05, 0.1) is 13.2 Å². The Kier molecular flexibility index (Phi) is 9.04. The maximum Gasteiger partial charge on any atom is 0.254 e. The van der Waals surface area contributed by atoms with Crippen LogP contribution >= 0.6 is 11.3 Å². The summed E-state index contributed by atoms with van der Waals surface area (Å²) >= 11 is 1.75. The molecular weight excluding hydrogens is 480 g/mol. The van der Waals surface area contributed by atoms with Crippen molar-refractivity contribution in [1.82, 2.24) is 9.80 Å². The van der Waals surface area contributed by atoms with Crippen LogP contribution in [0.15, 0.2) is 60.0 Å². The van der Waals surface area contributed by atoms with Crippen LogP contribution in [0.5, 0.6) is 5.75 Å². The summed E-state index contributed by atoms with van der Waals surface area (Å²) in [6.45, 7) is 7.58. The normalized spacial score (nSPS) is 14.9. The molecule has 4 rings (SSSR count). The molecular formula is C31H38N2O3S. The van der Waals surface area contributed by atoms with Crippen molar-refractivity contribution in [2.24, 2.45) is 5.92 Å². The zero-order valence-electron chi connectivity index (χ0n) is 22.4. The number of fused-ring (bicyclic) bond motifs is 1. The van der Waals surface area contributed by atoms with E-state index < -0.39 is 0 Å². The number of methoxy groups -OCH3 is 1. The van der Waals surface area contributed by atoms with Gasteiger partial charge in [0.1, 0.15) is 12.3 Å². The molecule has 0 radical (unpaired) electrons. The quantitative estimate of drug-likeness (QED) is 0.313. The number of unbranched alkanes of at least 4 members (excludes halogenated alkanes) is 1. The second-order valence-electron chi connectivity index (χ2n) is 10.2. The topological polar surface area (TPSA) is 49.9 Å². The molecule has 0 saturated carbocycles. The zero-order valence-corrected chi connectivity index (χ0v) is 23.2. The van der Waals surface area contributed by atoms with Crippen molar-refractivity contribution in [2.75, 3.05) is 26.7 Å². The molecule has 0 saturated heterocycles. The highest BCUT2D eigenvalue weighted by atomic mass is 32.1. The van der Waals surface area contributed by atoms with E-state index in [1.54, 1.807) is 23.3 Å². The first-order valence-corrected chi connectivity index (χ1v) is 14.2. The minimum absolute atomic E-state index is 0.0220. The molecule has 1 atom stereocenters. The molecule has 6 heteroatoms. The molecule has 0 bridgehead atoms. The van der Waals surface area contributed by atoms with E-state index in [-0.39, 0.29) is 30.3 Å². The van der Waals surface area contributed by atoms with Gasteiger partial charge in [-0.05, 0) is 77.6 Å². The third-order valence-corrected chi connectivity index (χ3v) is 7.93. The van der Waals surface area contributed by atoms with Crippen molar-refractivity contribution in [1.29, 1.82) is 0 Å². The Labute approximate surface area is 225 Å². The Bertz CT molecular complexity index is 1180. The Morgan fingerprint density at radius 3 is 2.46 bits per heavy atom. The van der Waals surface area contributed by atoms with E-state index >= 15 is 0 Å². The van der Waals surface area contributed by atoms with E-state index in [4.69, 9.17) is 4.74 Å². The molecule has 0 aliphatic carbocycles. The largest absolute Gasteiger partial charge is 0.497 e. The van der Waals surface area contributed by atoms with Gasteiger partial charge in [0.25, 0.3) is 5.91 Å². The second-order valence-corrected chi connectivity index (χ2v) is 11.2. The molecule has 1 aromatic heterocycles. The summed E-state index contributed by atoms with van der Waals surface area (Å²) in [7, 11) is 1.65. The Morgan fingerprint density at radius 2 is 1.81 bits per heavy atom. The molecule has 0 N–H and O–H groups in total. The molecule has 37 heavy (non-hydrogen) atoms. The van der Waals surface area contributed by atoms with Crippen LogP contribution in [0.4, 0.5) is 0 Å². The van der Waals surface area contributed by atoms with Crippen LogP contribution in [0.3, 0.4) is 0 Å². The minimum atomic E-state index is -0.165. The van der Waals surface area contributed by atoms with Crippen LogP contribution in [0.1, 0.15) is 71.6 Å². The van der Waals surface area contributed by atoms with Crippen LogP contribution in [0, 0.1) is 5.92 Å². The van der Waals surface area contributed by atoms with E-state index in [1.807, 2.05) is 53.4 Å². The third kappa shape index (κ3) is 6.42. The standard InChI is InChI=1S/C31H38N2O3S/c1-5-6-7-23-8-10-25(11-9-23)31(35)32(20-22(2)3)21-29(34)33-18-16-28-27(17-19-37-28)30(33)24-12-14-26(36-4)15-13-24/h8-15,17,19,22,30H,5-7,16,18,20-21H2,1-4H3. The van der Waals surface area contributed by atoms with Crippen molar-refractivity contribution in [3.8, 4) is 5.75 Å². The highest BCUT2D eigenvalue weighted by molar-refractivity contribution is 7.10. The lowest BCUT2D eigenvalue weighted by molar-refractivity contribution is -0.134. The second kappa shape index (κ2) is 12.4. The van der Waals surface area contributed by atoms with Crippen molar-refractivity contribution in [3.63, 3.8) is 0 Å². The van der Waals surface area contributed by atoms with Gasteiger partial charge in [-0.2, -0.15) is 0 Å². The van der Waals surface area contributed by atoms with E-state index in [0.717, 1.165) is 37.0 Å². The fourth-order valence-corrected chi connectivity index (χ4v) is 5.93. The fourth-order valence-electron chi connectivity index (χ4n) is 5.02. The third-order valence-electron chi connectivity index (χ3n) is 6.94. The first-order chi connectivity index (χ1) is 17.9. The van der Waals surface area contributed by atoms with Crippen LogP contribution in [-0.2, 0) is 17.6 Å². The number of carbonyl (C=O) groups excluding carboxylic acids is 2. The molecule has 5 nitrogen and oxygen atoms in total. The van der Waals surface area contributed by atoms with Gasteiger partial charge in [-0.25, -0.2) is 0 Å². The van der Waals surface area contributed by atoms with Gasteiger partial charge in [0, 0.05) is 23.5 Å². The van der Waals surface area contributed by atoms with Gasteiger partial charge in [-0.1, -0.05) is 51.5 Å². The molecule has 1 unspecified atom stereocenters. The SMILES string of the molecule is CCCCc1ccc(C(=O)N(CC(=O)N2CCc3sccc3C2c2ccc(OC)cc2)CC(C)C)cc1. The number of thiophene rings is 1.